The summed E-state index contributed by atoms with van der Waals surface area (Å²) in [4.78, 5) is 0. The van der Waals surface area contributed by atoms with Crippen LogP contribution >= 0.6 is 0 Å². The van der Waals surface area contributed by atoms with Crippen molar-refractivity contribution in [1.82, 2.24) is 5.32 Å². The third kappa shape index (κ3) is 3.08. The average molecular weight is 217 g/mol. The molecular weight excluding hydrogens is 194 g/mol. The standard InChI is InChI=1S/C15H23N/c1-12(2)15-8-6-14(7-9-15)11-16-10-13-4-3-5-13/h6-9,12-13,16H,3-5,10-11H2,1-2H3. The van der Waals surface area contributed by atoms with E-state index in [4.69, 9.17) is 0 Å². The van der Waals surface area contributed by atoms with Gasteiger partial charge in [-0.2, -0.15) is 0 Å². The minimum atomic E-state index is 0.636. The molecule has 2 rings (SSSR count). The molecule has 0 radical (unpaired) electrons. The summed E-state index contributed by atoms with van der Waals surface area (Å²) in [5, 5.41) is 3.55. The van der Waals surface area contributed by atoms with E-state index in [0.717, 1.165) is 12.5 Å². The highest BCUT2D eigenvalue weighted by Gasteiger charge is 2.16. The molecule has 1 heteroatoms. The second kappa shape index (κ2) is 5.49. The van der Waals surface area contributed by atoms with Crippen LogP contribution < -0.4 is 5.32 Å². The first-order valence-corrected chi connectivity index (χ1v) is 6.55. The third-order valence-corrected chi connectivity index (χ3v) is 3.63. The molecule has 0 atom stereocenters. The molecule has 1 aromatic rings. The van der Waals surface area contributed by atoms with Gasteiger partial charge in [0.05, 0.1) is 0 Å². The van der Waals surface area contributed by atoms with Gasteiger partial charge in [0.2, 0.25) is 0 Å². The molecule has 1 saturated carbocycles. The van der Waals surface area contributed by atoms with Crippen molar-refractivity contribution < 1.29 is 0 Å². The van der Waals surface area contributed by atoms with E-state index in [1.54, 1.807) is 0 Å². The van der Waals surface area contributed by atoms with Crippen LogP contribution in [-0.4, -0.2) is 6.54 Å². The molecule has 0 saturated heterocycles. The number of hydrogen-bond donors (Lipinski definition) is 1. The maximum absolute atomic E-state index is 3.55. The topological polar surface area (TPSA) is 12.0 Å². The fourth-order valence-corrected chi connectivity index (χ4v) is 2.14. The molecule has 0 aliphatic heterocycles. The Labute approximate surface area is 99.3 Å². The lowest BCUT2D eigenvalue weighted by atomic mass is 9.85. The van der Waals surface area contributed by atoms with Gasteiger partial charge >= 0.3 is 0 Å². The van der Waals surface area contributed by atoms with E-state index in [9.17, 15) is 0 Å². The number of benzene rings is 1. The van der Waals surface area contributed by atoms with Crippen LogP contribution in [0.2, 0.25) is 0 Å². The van der Waals surface area contributed by atoms with Crippen molar-refractivity contribution in [3.63, 3.8) is 0 Å². The predicted molar refractivity (Wildman–Crippen MR) is 69.6 cm³/mol. The van der Waals surface area contributed by atoms with Crippen LogP contribution in [0, 0.1) is 5.92 Å². The Kier molecular flexibility index (Phi) is 4.00. The van der Waals surface area contributed by atoms with E-state index in [2.05, 4.69) is 43.4 Å². The Morgan fingerprint density at radius 2 is 1.88 bits per heavy atom. The minimum Gasteiger partial charge on any atom is -0.312 e. The molecule has 0 bridgehead atoms. The highest BCUT2D eigenvalue weighted by molar-refractivity contribution is 5.24. The maximum atomic E-state index is 3.55. The Morgan fingerprint density at radius 3 is 2.38 bits per heavy atom. The van der Waals surface area contributed by atoms with E-state index >= 15 is 0 Å². The van der Waals surface area contributed by atoms with Crippen LogP contribution in [0.25, 0.3) is 0 Å². The summed E-state index contributed by atoms with van der Waals surface area (Å²) < 4.78 is 0. The molecule has 0 spiro atoms. The van der Waals surface area contributed by atoms with Gasteiger partial charge in [-0.05, 0) is 42.3 Å². The van der Waals surface area contributed by atoms with Gasteiger partial charge in [-0.1, -0.05) is 44.5 Å². The zero-order valence-corrected chi connectivity index (χ0v) is 10.5. The summed E-state index contributed by atoms with van der Waals surface area (Å²) >= 11 is 0. The van der Waals surface area contributed by atoms with Gasteiger partial charge in [-0.25, -0.2) is 0 Å². The lowest BCUT2D eigenvalue weighted by Gasteiger charge is -2.25. The van der Waals surface area contributed by atoms with Crippen molar-refractivity contribution in [2.24, 2.45) is 5.92 Å². The molecule has 0 unspecified atom stereocenters. The highest BCUT2D eigenvalue weighted by atomic mass is 14.9. The van der Waals surface area contributed by atoms with Crippen molar-refractivity contribution in [1.29, 1.82) is 0 Å². The first-order chi connectivity index (χ1) is 7.75. The van der Waals surface area contributed by atoms with Gasteiger partial charge < -0.3 is 5.32 Å². The molecule has 0 amide bonds. The van der Waals surface area contributed by atoms with Crippen molar-refractivity contribution in [3.8, 4) is 0 Å². The summed E-state index contributed by atoms with van der Waals surface area (Å²) in [6, 6.07) is 9.02. The lowest BCUT2D eigenvalue weighted by Crippen LogP contribution is -2.26. The van der Waals surface area contributed by atoms with Crippen LogP contribution in [0.3, 0.4) is 0 Å². The molecule has 1 aliphatic rings. The maximum Gasteiger partial charge on any atom is 0.0205 e. The number of nitrogens with one attached hydrogen (secondary N) is 1. The average Bonchev–Trinajstić information content (AvgIpc) is 2.22. The second-order valence-electron chi connectivity index (χ2n) is 5.32. The second-order valence-corrected chi connectivity index (χ2v) is 5.32. The van der Waals surface area contributed by atoms with E-state index in [-0.39, 0.29) is 0 Å². The smallest absolute Gasteiger partial charge is 0.0205 e. The van der Waals surface area contributed by atoms with Gasteiger partial charge in [0.15, 0.2) is 0 Å². The fourth-order valence-electron chi connectivity index (χ4n) is 2.14. The van der Waals surface area contributed by atoms with Crippen LogP contribution in [0.15, 0.2) is 24.3 Å². The van der Waals surface area contributed by atoms with Gasteiger partial charge in [0.25, 0.3) is 0 Å². The molecule has 1 aliphatic carbocycles. The summed E-state index contributed by atoms with van der Waals surface area (Å²) in [7, 11) is 0. The first kappa shape index (κ1) is 11.7. The summed E-state index contributed by atoms with van der Waals surface area (Å²) in [6.07, 6.45) is 4.30. The normalized spacial score (nSPS) is 16.4. The Bertz CT molecular complexity index is 309. The predicted octanol–water partition coefficient (Wildman–Crippen LogP) is 3.70. The molecule has 88 valence electrons. The molecule has 1 fully saturated rings. The van der Waals surface area contributed by atoms with Crippen molar-refractivity contribution in [2.45, 2.75) is 45.6 Å². The quantitative estimate of drug-likeness (QED) is 0.793. The van der Waals surface area contributed by atoms with Crippen LogP contribution in [0.5, 0.6) is 0 Å². The monoisotopic (exact) mass is 217 g/mol. The SMILES string of the molecule is CC(C)c1ccc(CNCC2CCC2)cc1. The first-order valence-electron chi connectivity index (χ1n) is 6.55. The third-order valence-electron chi connectivity index (χ3n) is 3.63. The Hall–Kier alpha value is -0.820. The van der Waals surface area contributed by atoms with E-state index in [1.165, 1.54) is 36.9 Å². The van der Waals surface area contributed by atoms with Crippen molar-refractivity contribution in [3.05, 3.63) is 35.4 Å². The van der Waals surface area contributed by atoms with Gasteiger partial charge in [0.1, 0.15) is 0 Å². The van der Waals surface area contributed by atoms with E-state index in [0.29, 0.717) is 5.92 Å². The van der Waals surface area contributed by atoms with E-state index < -0.39 is 0 Å². The van der Waals surface area contributed by atoms with Crippen molar-refractivity contribution >= 4 is 0 Å². The molecule has 0 aromatic heterocycles. The number of hydrogen-bond acceptors (Lipinski definition) is 1. The summed E-state index contributed by atoms with van der Waals surface area (Å²) in [5.41, 5.74) is 2.84. The number of rotatable bonds is 5. The summed E-state index contributed by atoms with van der Waals surface area (Å²) in [5.74, 6) is 1.59. The highest BCUT2D eigenvalue weighted by Crippen LogP contribution is 2.25. The largest absolute Gasteiger partial charge is 0.312 e. The molecule has 16 heavy (non-hydrogen) atoms. The van der Waals surface area contributed by atoms with Crippen LogP contribution in [-0.2, 0) is 6.54 Å². The van der Waals surface area contributed by atoms with E-state index in [1.807, 2.05) is 0 Å². The van der Waals surface area contributed by atoms with Gasteiger partial charge in [-0.15, -0.1) is 0 Å². The van der Waals surface area contributed by atoms with Crippen molar-refractivity contribution in [2.75, 3.05) is 6.54 Å². The molecular formula is C15H23N. The molecule has 1 N–H and O–H groups in total. The van der Waals surface area contributed by atoms with Crippen LogP contribution in [0.1, 0.15) is 50.2 Å². The Morgan fingerprint density at radius 1 is 1.19 bits per heavy atom. The van der Waals surface area contributed by atoms with Gasteiger partial charge in [0, 0.05) is 6.54 Å². The fraction of sp³-hybridized carbons (Fsp3) is 0.600. The zero-order chi connectivity index (χ0) is 11.4. The lowest BCUT2D eigenvalue weighted by molar-refractivity contribution is 0.301. The Balaban J connectivity index is 1.75. The molecule has 0 heterocycles. The molecule has 1 nitrogen and oxygen atoms in total. The summed E-state index contributed by atoms with van der Waals surface area (Å²) in [6.45, 7) is 6.70. The van der Waals surface area contributed by atoms with Crippen LogP contribution in [0.4, 0.5) is 0 Å². The molecule has 1 aromatic carbocycles. The van der Waals surface area contributed by atoms with Gasteiger partial charge in [-0.3, -0.25) is 0 Å². The minimum absolute atomic E-state index is 0.636. The zero-order valence-electron chi connectivity index (χ0n) is 10.5.